The van der Waals surface area contributed by atoms with Gasteiger partial charge in [-0.25, -0.2) is 0 Å². The Hall–Kier alpha value is 0.230. The molecule has 3 nitrogen and oxygen atoms in total. The predicted molar refractivity (Wildman–Crippen MR) is 49.4 cm³/mol. The molecule has 1 fully saturated rings. The van der Waals surface area contributed by atoms with Crippen molar-refractivity contribution in [2.24, 2.45) is 0 Å². The first-order valence-electron chi connectivity index (χ1n) is 4.31. The Morgan fingerprint density at radius 2 is 2.42 bits per heavy atom. The van der Waals surface area contributed by atoms with Crippen LogP contribution in [-0.2, 0) is 4.74 Å². The van der Waals surface area contributed by atoms with Gasteiger partial charge < -0.3 is 14.9 Å². The van der Waals surface area contributed by atoms with Crippen LogP contribution in [-0.4, -0.2) is 47.1 Å². The van der Waals surface area contributed by atoms with Gasteiger partial charge in [-0.1, -0.05) is 0 Å². The zero-order valence-electron chi connectivity index (χ0n) is 7.11. The fraction of sp³-hybridized carbons (Fsp3) is 1.00. The molecule has 4 heteroatoms. The third kappa shape index (κ3) is 3.76. The summed E-state index contributed by atoms with van der Waals surface area (Å²) in [7, 11) is 0. The van der Waals surface area contributed by atoms with Gasteiger partial charge in [-0.3, -0.25) is 0 Å². The lowest BCUT2D eigenvalue weighted by atomic mass is 10.2. The fourth-order valence-electron chi connectivity index (χ4n) is 1.14. The van der Waals surface area contributed by atoms with Gasteiger partial charge in [-0.2, -0.15) is 11.8 Å². The van der Waals surface area contributed by atoms with Gasteiger partial charge in [0.25, 0.3) is 0 Å². The van der Waals surface area contributed by atoms with E-state index in [0.717, 1.165) is 19.6 Å². The number of rotatable bonds is 4. The van der Waals surface area contributed by atoms with E-state index in [0.29, 0.717) is 11.0 Å². The Balaban J connectivity index is 2.05. The molecule has 0 spiro atoms. The Labute approximate surface area is 77.1 Å². The molecule has 0 bridgehead atoms. The number of thioether (sulfide) groups is 1. The number of aliphatic hydroxyl groups excluding tert-OH is 2. The average molecular weight is 192 g/mol. The predicted octanol–water partition coefficient (Wildman–Crippen LogP) is 0.252. The lowest BCUT2D eigenvalue weighted by Gasteiger charge is -2.22. The SMILES string of the molecule is OCC(O)CSC1CCCOC1. The third-order valence-corrected chi connectivity index (χ3v) is 3.27. The van der Waals surface area contributed by atoms with Crippen molar-refractivity contribution in [3.63, 3.8) is 0 Å². The first-order chi connectivity index (χ1) is 5.83. The van der Waals surface area contributed by atoms with Crippen molar-refractivity contribution >= 4 is 11.8 Å². The highest BCUT2D eigenvalue weighted by Crippen LogP contribution is 2.21. The summed E-state index contributed by atoms with van der Waals surface area (Å²) < 4.78 is 5.28. The average Bonchev–Trinajstić information content (AvgIpc) is 2.16. The molecule has 1 aliphatic rings. The van der Waals surface area contributed by atoms with Crippen LogP contribution < -0.4 is 0 Å². The van der Waals surface area contributed by atoms with Gasteiger partial charge in [0, 0.05) is 17.6 Å². The molecule has 2 N–H and O–H groups in total. The van der Waals surface area contributed by atoms with E-state index in [-0.39, 0.29) is 6.61 Å². The maximum atomic E-state index is 9.08. The highest BCUT2D eigenvalue weighted by atomic mass is 32.2. The van der Waals surface area contributed by atoms with E-state index in [2.05, 4.69) is 0 Å². The van der Waals surface area contributed by atoms with E-state index in [1.165, 1.54) is 6.42 Å². The lowest BCUT2D eigenvalue weighted by Crippen LogP contribution is -2.23. The monoisotopic (exact) mass is 192 g/mol. The maximum absolute atomic E-state index is 9.08. The van der Waals surface area contributed by atoms with Crippen LogP contribution in [0.5, 0.6) is 0 Å². The summed E-state index contributed by atoms with van der Waals surface area (Å²) >= 11 is 1.70. The molecule has 0 saturated carbocycles. The summed E-state index contributed by atoms with van der Waals surface area (Å²) in [4.78, 5) is 0. The maximum Gasteiger partial charge on any atom is 0.0861 e. The van der Waals surface area contributed by atoms with Crippen LogP contribution >= 0.6 is 11.8 Å². The van der Waals surface area contributed by atoms with E-state index in [4.69, 9.17) is 14.9 Å². The van der Waals surface area contributed by atoms with Crippen LogP contribution in [0.4, 0.5) is 0 Å². The summed E-state index contributed by atoms with van der Waals surface area (Å²) in [5.41, 5.74) is 0. The minimum absolute atomic E-state index is 0.138. The Bertz CT molecular complexity index is 115. The standard InChI is InChI=1S/C8H16O3S/c9-4-7(10)6-12-8-2-1-3-11-5-8/h7-10H,1-6H2. The second kappa shape index (κ2) is 5.80. The van der Waals surface area contributed by atoms with Crippen LogP contribution in [0.1, 0.15) is 12.8 Å². The van der Waals surface area contributed by atoms with E-state index < -0.39 is 6.10 Å². The van der Waals surface area contributed by atoms with Gasteiger partial charge in [-0.15, -0.1) is 0 Å². The quantitative estimate of drug-likeness (QED) is 0.670. The smallest absolute Gasteiger partial charge is 0.0861 e. The highest BCUT2D eigenvalue weighted by Gasteiger charge is 2.15. The first-order valence-corrected chi connectivity index (χ1v) is 5.36. The van der Waals surface area contributed by atoms with E-state index >= 15 is 0 Å². The summed E-state index contributed by atoms with van der Waals surface area (Å²) in [5, 5.41) is 18.2. The molecule has 0 radical (unpaired) electrons. The summed E-state index contributed by atoms with van der Waals surface area (Å²) in [6.07, 6.45) is 1.72. The van der Waals surface area contributed by atoms with Crippen molar-refractivity contribution in [3.8, 4) is 0 Å². The molecule has 1 saturated heterocycles. The summed E-state index contributed by atoms with van der Waals surface area (Å²) in [6, 6.07) is 0. The normalized spacial score (nSPS) is 27.0. The molecule has 0 aromatic heterocycles. The van der Waals surface area contributed by atoms with Crippen molar-refractivity contribution < 1.29 is 14.9 Å². The van der Waals surface area contributed by atoms with Gasteiger partial charge >= 0.3 is 0 Å². The molecule has 0 aromatic carbocycles. The van der Waals surface area contributed by atoms with Crippen LogP contribution in [0.25, 0.3) is 0 Å². The van der Waals surface area contributed by atoms with Crippen LogP contribution in [0, 0.1) is 0 Å². The van der Waals surface area contributed by atoms with E-state index in [1.54, 1.807) is 11.8 Å². The largest absolute Gasteiger partial charge is 0.394 e. The molecule has 1 rings (SSSR count). The van der Waals surface area contributed by atoms with Gasteiger partial charge in [0.1, 0.15) is 0 Å². The van der Waals surface area contributed by atoms with Crippen molar-refractivity contribution in [3.05, 3.63) is 0 Å². The molecular formula is C8H16O3S. The molecular weight excluding hydrogens is 176 g/mol. The molecule has 0 aliphatic carbocycles. The van der Waals surface area contributed by atoms with E-state index in [9.17, 15) is 0 Å². The minimum Gasteiger partial charge on any atom is -0.394 e. The Morgan fingerprint density at radius 1 is 1.58 bits per heavy atom. The zero-order valence-corrected chi connectivity index (χ0v) is 7.92. The van der Waals surface area contributed by atoms with Gasteiger partial charge in [0.15, 0.2) is 0 Å². The van der Waals surface area contributed by atoms with Gasteiger partial charge in [0.05, 0.1) is 19.3 Å². The molecule has 0 aromatic rings. The molecule has 0 amide bonds. The number of hydrogen-bond donors (Lipinski definition) is 2. The molecule has 1 heterocycles. The van der Waals surface area contributed by atoms with Gasteiger partial charge in [0.2, 0.25) is 0 Å². The van der Waals surface area contributed by atoms with Crippen LogP contribution in [0.15, 0.2) is 0 Å². The lowest BCUT2D eigenvalue weighted by molar-refractivity contribution is 0.0995. The van der Waals surface area contributed by atoms with Crippen molar-refractivity contribution in [1.82, 2.24) is 0 Å². The second-order valence-electron chi connectivity index (χ2n) is 3.01. The highest BCUT2D eigenvalue weighted by molar-refractivity contribution is 7.99. The number of ether oxygens (including phenoxy) is 1. The van der Waals surface area contributed by atoms with Gasteiger partial charge in [-0.05, 0) is 12.8 Å². The number of hydrogen-bond acceptors (Lipinski definition) is 4. The van der Waals surface area contributed by atoms with Crippen LogP contribution in [0.3, 0.4) is 0 Å². The van der Waals surface area contributed by atoms with Crippen molar-refractivity contribution in [1.29, 1.82) is 0 Å². The Kier molecular flexibility index (Phi) is 4.99. The molecule has 72 valence electrons. The van der Waals surface area contributed by atoms with Crippen LogP contribution in [0.2, 0.25) is 0 Å². The fourth-order valence-corrected chi connectivity index (χ4v) is 2.27. The zero-order chi connectivity index (χ0) is 8.81. The number of aliphatic hydroxyl groups is 2. The molecule has 1 aliphatic heterocycles. The first kappa shape index (κ1) is 10.3. The van der Waals surface area contributed by atoms with Crippen molar-refractivity contribution in [2.75, 3.05) is 25.6 Å². The minimum atomic E-state index is -0.572. The third-order valence-electron chi connectivity index (χ3n) is 1.85. The Morgan fingerprint density at radius 3 is 3.00 bits per heavy atom. The van der Waals surface area contributed by atoms with E-state index in [1.807, 2.05) is 0 Å². The molecule has 2 unspecified atom stereocenters. The summed E-state index contributed by atoms with van der Waals surface area (Å²) in [5.74, 6) is 0.616. The summed E-state index contributed by atoms with van der Waals surface area (Å²) in [6.45, 7) is 1.53. The molecule has 12 heavy (non-hydrogen) atoms. The molecule has 2 atom stereocenters. The topological polar surface area (TPSA) is 49.7 Å². The van der Waals surface area contributed by atoms with Crippen molar-refractivity contribution in [2.45, 2.75) is 24.2 Å². The second-order valence-corrected chi connectivity index (χ2v) is 4.34.